The van der Waals surface area contributed by atoms with E-state index in [1.165, 1.54) is 50.1 Å². The first-order chi connectivity index (χ1) is 19.4. The van der Waals surface area contributed by atoms with Gasteiger partial charge in [0.1, 0.15) is 0 Å². The largest absolute Gasteiger partial charge is 1.00 e. The van der Waals surface area contributed by atoms with Crippen molar-refractivity contribution in [1.29, 1.82) is 0 Å². The van der Waals surface area contributed by atoms with Crippen molar-refractivity contribution >= 4 is 23.6 Å². The van der Waals surface area contributed by atoms with Crippen LogP contribution in [0.15, 0.2) is 75.3 Å². The Hall–Kier alpha value is -1.06. The molecule has 0 saturated heterocycles. The van der Waals surface area contributed by atoms with Crippen molar-refractivity contribution in [2.75, 3.05) is 0 Å². The van der Waals surface area contributed by atoms with E-state index in [4.69, 9.17) is 0 Å². The smallest absolute Gasteiger partial charge is 1.00 e. The minimum atomic E-state index is -2.59. The Morgan fingerprint density at radius 3 is 1.07 bits per heavy atom. The molecule has 0 atom stereocenters. The van der Waals surface area contributed by atoms with Crippen LogP contribution in [0.25, 0.3) is 0 Å². The summed E-state index contributed by atoms with van der Waals surface area (Å²) in [6.45, 7) is 16.3. The van der Waals surface area contributed by atoms with E-state index in [2.05, 4.69) is 130 Å². The molecule has 0 bridgehead atoms. The van der Waals surface area contributed by atoms with E-state index in [9.17, 15) is 0 Å². The fourth-order valence-electron chi connectivity index (χ4n) is 6.71. The SMILES string of the molecule is CCCC1=C([Si](c2cc(CC)cc(CC)c2)(c2cc(CC)cc(CC)c2)c2cc(CC)cc(CC)c2)CC=[C]1[Ti+3].[Cl-].[Cl-].[Cl-]. The molecule has 0 fully saturated rings. The normalized spacial score (nSPS) is 12.8. The average Bonchev–Trinajstić information content (AvgIpc) is 3.36. The molecule has 0 saturated carbocycles. The first-order valence-electron chi connectivity index (χ1n) is 15.9. The van der Waals surface area contributed by atoms with Crippen LogP contribution in [0.1, 0.15) is 101 Å². The predicted molar refractivity (Wildman–Crippen MR) is 175 cm³/mol. The maximum absolute atomic E-state index is 2.62. The number of allylic oxidation sites excluding steroid dienone is 4. The van der Waals surface area contributed by atoms with Gasteiger partial charge in [-0.05, 0) is 0 Å². The topological polar surface area (TPSA) is 0 Å². The van der Waals surface area contributed by atoms with E-state index in [0.717, 1.165) is 44.9 Å². The average molecular weight is 688 g/mol. The Morgan fingerprint density at radius 2 is 0.814 bits per heavy atom. The van der Waals surface area contributed by atoms with Gasteiger partial charge in [0.25, 0.3) is 0 Å². The zero-order valence-electron chi connectivity index (χ0n) is 27.3. The number of aryl methyl sites for hydroxylation is 6. The van der Waals surface area contributed by atoms with Crippen LogP contribution < -0.4 is 52.8 Å². The van der Waals surface area contributed by atoms with Crippen molar-refractivity contribution in [3.8, 4) is 0 Å². The predicted octanol–water partition coefficient (Wildman–Crippen LogP) is -0.986. The van der Waals surface area contributed by atoms with Crippen molar-refractivity contribution in [1.82, 2.24) is 0 Å². The second-order valence-electron chi connectivity index (χ2n) is 11.5. The monoisotopic (exact) mass is 686 g/mol. The molecule has 3 aromatic carbocycles. The molecule has 43 heavy (non-hydrogen) atoms. The number of hydrogen-bond donors (Lipinski definition) is 0. The zero-order chi connectivity index (χ0) is 28.9. The molecular weight excluding hydrogens is 639 g/mol. The summed E-state index contributed by atoms with van der Waals surface area (Å²) in [5.41, 5.74) is 10.5. The molecule has 0 heterocycles. The van der Waals surface area contributed by atoms with Gasteiger partial charge in [-0.1, -0.05) is 0 Å². The van der Waals surface area contributed by atoms with Crippen LogP contribution in [0.3, 0.4) is 0 Å². The molecule has 4 rings (SSSR count). The summed E-state index contributed by atoms with van der Waals surface area (Å²) in [6, 6.07) is 23.1. The maximum Gasteiger partial charge on any atom is -1.00 e. The first kappa shape index (κ1) is 40.0. The molecule has 0 unspecified atom stereocenters. The summed E-state index contributed by atoms with van der Waals surface area (Å²) < 4.78 is 1.51. The van der Waals surface area contributed by atoms with Crippen LogP contribution in [0.5, 0.6) is 0 Å². The van der Waals surface area contributed by atoms with E-state index in [0.29, 0.717) is 0 Å². The molecule has 0 aliphatic heterocycles. The Labute approximate surface area is 294 Å². The number of rotatable bonds is 12. The van der Waals surface area contributed by atoms with Gasteiger partial charge in [-0.25, -0.2) is 0 Å². The van der Waals surface area contributed by atoms with Crippen LogP contribution >= 0.6 is 0 Å². The zero-order valence-corrected chi connectivity index (χ0v) is 32.1. The fraction of sp³-hybridized carbons (Fsp3) is 0.421. The molecule has 0 amide bonds. The second-order valence-corrected chi connectivity index (χ2v) is 16.2. The van der Waals surface area contributed by atoms with Crippen molar-refractivity contribution in [3.63, 3.8) is 0 Å². The first-order valence-corrected chi connectivity index (χ1v) is 18.7. The molecule has 0 spiro atoms. The Kier molecular flexibility index (Phi) is 16.9. The minimum absolute atomic E-state index is 0. The van der Waals surface area contributed by atoms with Crippen LogP contribution in [0.4, 0.5) is 0 Å². The van der Waals surface area contributed by atoms with E-state index in [1.807, 2.05) is 0 Å². The van der Waals surface area contributed by atoms with Crippen LogP contribution in [-0.2, 0) is 59.0 Å². The standard InChI is InChI=1S/C38H49Si.3ClH.Ti/c1-8-16-34-17-15-18-38(34)39(35-22-28(9-2)19-29(10-3)23-35,36-24-30(11-4)20-31(12-5)25-36)37-26-32(13-6)21-33(14-7)27-37;;;;/h15,19-27H,8-14,16,18H2,1-7H3;3*1H;/q;;;;+3/p-3. The molecule has 5 heteroatoms. The Morgan fingerprint density at radius 1 is 0.512 bits per heavy atom. The van der Waals surface area contributed by atoms with Crippen molar-refractivity contribution in [3.05, 3.63) is 109 Å². The fourth-order valence-corrected chi connectivity index (χ4v) is 13.1. The molecule has 0 aromatic heterocycles. The summed E-state index contributed by atoms with van der Waals surface area (Å²) in [5, 5.41) is 6.54. The third-order valence-electron chi connectivity index (χ3n) is 9.06. The van der Waals surface area contributed by atoms with Gasteiger partial charge in [0.15, 0.2) is 0 Å². The Bertz CT molecular complexity index is 1220. The van der Waals surface area contributed by atoms with Gasteiger partial charge in [0, 0.05) is 0 Å². The molecule has 230 valence electrons. The maximum atomic E-state index is 2.62. The summed E-state index contributed by atoms with van der Waals surface area (Å²) in [7, 11) is -2.59. The van der Waals surface area contributed by atoms with Crippen LogP contribution in [-0.4, -0.2) is 8.07 Å². The third-order valence-corrected chi connectivity index (χ3v) is 14.7. The van der Waals surface area contributed by atoms with Crippen LogP contribution in [0, 0.1) is 0 Å². The van der Waals surface area contributed by atoms with Gasteiger partial charge < -0.3 is 37.2 Å². The summed E-state index contributed by atoms with van der Waals surface area (Å²) >= 11 is 2.37. The van der Waals surface area contributed by atoms with E-state index in [1.54, 1.807) is 26.3 Å². The Balaban J connectivity index is 0.00000308. The van der Waals surface area contributed by atoms with Gasteiger partial charge in [-0.15, -0.1) is 0 Å². The molecule has 3 aromatic rings. The third kappa shape index (κ3) is 8.21. The number of hydrogen-bond acceptors (Lipinski definition) is 0. The van der Waals surface area contributed by atoms with E-state index >= 15 is 0 Å². The number of halogens is 3. The number of benzene rings is 3. The van der Waals surface area contributed by atoms with Gasteiger partial charge in [-0.2, -0.15) is 0 Å². The van der Waals surface area contributed by atoms with Crippen molar-refractivity contribution in [2.45, 2.75) is 106 Å². The molecule has 0 nitrogen and oxygen atoms in total. The van der Waals surface area contributed by atoms with Gasteiger partial charge in [0.2, 0.25) is 0 Å². The second kappa shape index (κ2) is 18.2. The molecule has 1 aliphatic rings. The van der Waals surface area contributed by atoms with Gasteiger partial charge in [0.05, 0.1) is 0 Å². The van der Waals surface area contributed by atoms with Crippen molar-refractivity contribution in [2.24, 2.45) is 0 Å². The molecule has 1 aliphatic carbocycles. The quantitative estimate of drug-likeness (QED) is 0.170. The summed E-state index contributed by atoms with van der Waals surface area (Å²) in [5.74, 6) is 0. The van der Waals surface area contributed by atoms with Crippen molar-refractivity contribution < 1.29 is 57.7 Å². The minimum Gasteiger partial charge on any atom is -1.00 e. The summed E-state index contributed by atoms with van der Waals surface area (Å²) in [4.78, 5) is 0. The van der Waals surface area contributed by atoms with E-state index in [-0.39, 0.29) is 37.2 Å². The van der Waals surface area contributed by atoms with Gasteiger partial charge in [-0.3, -0.25) is 0 Å². The van der Waals surface area contributed by atoms with Crippen LogP contribution in [0.2, 0.25) is 0 Å². The molecule has 0 N–H and O–H groups in total. The molecule has 0 radical (unpaired) electrons. The summed E-state index contributed by atoms with van der Waals surface area (Å²) in [6.07, 6.45) is 12.4. The van der Waals surface area contributed by atoms with Gasteiger partial charge >= 0.3 is 259 Å². The molecular formula is C38H49Cl3SiTi. The van der Waals surface area contributed by atoms with E-state index < -0.39 is 8.07 Å².